The molecule has 2 N–H and O–H groups in total. The fourth-order valence-electron chi connectivity index (χ4n) is 3.22. The summed E-state index contributed by atoms with van der Waals surface area (Å²) >= 11 is 1.58. The van der Waals surface area contributed by atoms with E-state index in [0.717, 1.165) is 5.75 Å². The smallest absolute Gasteiger partial charge is 0.255 e. The van der Waals surface area contributed by atoms with Crippen LogP contribution in [-0.4, -0.2) is 17.6 Å². The summed E-state index contributed by atoms with van der Waals surface area (Å²) in [5.74, 6) is 0.919. The highest BCUT2D eigenvalue weighted by Crippen LogP contribution is 2.23. The summed E-state index contributed by atoms with van der Waals surface area (Å²) in [6, 6.07) is 23.1. The lowest BCUT2D eigenvalue weighted by Gasteiger charge is -2.19. The van der Waals surface area contributed by atoms with Gasteiger partial charge in [0.25, 0.3) is 5.91 Å². The van der Waals surface area contributed by atoms with Crippen molar-refractivity contribution in [2.45, 2.75) is 38.9 Å². The van der Waals surface area contributed by atoms with Crippen molar-refractivity contribution in [1.82, 2.24) is 0 Å². The normalized spacial score (nSPS) is 11.1. The molecule has 32 heavy (non-hydrogen) atoms. The number of benzene rings is 3. The van der Waals surface area contributed by atoms with Crippen LogP contribution in [0.15, 0.2) is 72.8 Å². The molecule has 3 rings (SSSR count). The van der Waals surface area contributed by atoms with Crippen LogP contribution in [0.25, 0.3) is 0 Å². The van der Waals surface area contributed by atoms with Crippen molar-refractivity contribution < 1.29 is 9.59 Å². The van der Waals surface area contributed by atoms with Gasteiger partial charge in [0.2, 0.25) is 5.91 Å². The first-order valence-corrected chi connectivity index (χ1v) is 11.8. The van der Waals surface area contributed by atoms with Gasteiger partial charge in [0.1, 0.15) is 0 Å². The first kappa shape index (κ1) is 23.6. The third-order valence-electron chi connectivity index (χ3n) is 5.17. The van der Waals surface area contributed by atoms with Crippen molar-refractivity contribution in [3.05, 3.63) is 95.1 Å². The quantitative estimate of drug-likeness (QED) is 0.440. The summed E-state index contributed by atoms with van der Waals surface area (Å²) in [5.41, 5.74) is 5.59. The van der Waals surface area contributed by atoms with Gasteiger partial charge in [0.05, 0.1) is 5.75 Å². The standard InChI is InChI=1S/C27H30N2O2S/c1-19-8-5-6-9-21(19)17-32-18-25(30)28-23-10-7-11-24(16-23)29-26(31)20-12-14-22(15-13-20)27(2,3)4/h5-16H,17-18H2,1-4H3,(H,28,30)(H,29,31). The molecular formula is C27H30N2O2S. The summed E-state index contributed by atoms with van der Waals surface area (Å²) in [6.45, 7) is 8.50. The number of carbonyl (C=O) groups excluding carboxylic acids is 2. The molecule has 0 fully saturated rings. The summed E-state index contributed by atoms with van der Waals surface area (Å²) in [4.78, 5) is 24.9. The number of rotatable bonds is 7. The van der Waals surface area contributed by atoms with Gasteiger partial charge in [-0.3, -0.25) is 9.59 Å². The van der Waals surface area contributed by atoms with Gasteiger partial charge in [0, 0.05) is 22.7 Å². The largest absolute Gasteiger partial charge is 0.325 e. The van der Waals surface area contributed by atoms with Crippen molar-refractivity contribution in [3.8, 4) is 0 Å². The molecule has 0 saturated heterocycles. The molecular weight excluding hydrogens is 416 g/mol. The van der Waals surface area contributed by atoms with Gasteiger partial charge in [-0.05, 0) is 59.4 Å². The summed E-state index contributed by atoms with van der Waals surface area (Å²) < 4.78 is 0. The zero-order valence-corrected chi connectivity index (χ0v) is 19.9. The molecule has 166 valence electrons. The average Bonchev–Trinajstić information content (AvgIpc) is 2.75. The van der Waals surface area contributed by atoms with Crippen LogP contribution in [0.4, 0.5) is 11.4 Å². The predicted molar refractivity (Wildman–Crippen MR) is 136 cm³/mol. The van der Waals surface area contributed by atoms with Crippen molar-refractivity contribution in [2.75, 3.05) is 16.4 Å². The highest BCUT2D eigenvalue weighted by Gasteiger charge is 2.14. The highest BCUT2D eigenvalue weighted by molar-refractivity contribution is 7.99. The molecule has 3 aromatic carbocycles. The molecule has 0 heterocycles. The first-order valence-electron chi connectivity index (χ1n) is 10.7. The van der Waals surface area contributed by atoms with Crippen molar-refractivity contribution >= 4 is 35.0 Å². The molecule has 0 saturated carbocycles. The summed E-state index contributed by atoms with van der Waals surface area (Å²) in [6.07, 6.45) is 0. The predicted octanol–water partition coefficient (Wildman–Crippen LogP) is 6.42. The van der Waals surface area contributed by atoms with Crippen LogP contribution >= 0.6 is 11.8 Å². The number of anilines is 2. The van der Waals surface area contributed by atoms with E-state index in [9.17, 15) is 9.59 Å². The topological polar surface area (TPSA) is 58.2 Å². The minimum absolute atomic E-state index is 0.0414. The van der Waals surface area contributed by atoms with Crippen LogP contribution in [-0.2, 0) is 16.0 Å². The lowest BCUT2D eigenvalue weighted by atomic mass is 9.87. The maximum atomic E-state index is 12.6. The molecule has 0 atom stereocenters. The van der Waals surface area contributed by atoms with Crippen LogP contribution in [0.2, 0.25) is 0 Å². The van der Waals surface area contributed by atoms with E-state index in [4.69, 9.17) is 0 Å². The van der Waals surface area contributed by atoms with Gasteiger partial charge in [-0.2, -0.15) is 0 Å². The molecule has 0 aromatic heterocycles. The number of aryl methyl sites for hydroxylation is 1. The molecule has 0 unspecified atom stereocenters. The van der Waals surface area contributed by atoms with Crippen LogP contribution in [0.5, 0.6) is 0 Å². The van der Waals surface area contributed by atoms with Crippen LogP contribution in [0, 0.1) is 6.92 Å². The number of nitrogens with one attached hydrogen (secondary N) is 2. The van der Waals surface area contributed by atoms with Crippen LogP contribution in [0.1, 0.15) is 47.8 Å². The Morgan fingerprint density at radius 3 is 2.16 bits per heavy atom. The Bertz CT molecular complexity index is 1090. The van der Waals surface area contributed by atoms with E-state index in [1.54, 1.807) is 17.8 Å². The Balaban J connectivity index is 1.54. The average molecular weight is 447 g/mol. The van der Waals surface area contributed by atoms with Gasteiger partial charge in [-0.25, -0.2) is 0 Å². The van der Waals surface area contributed by atoms with Crippen molar-refractivity contribution in [1.29, 1.82) is 0 Å². The molecule has 2 amide bonds. The van der Waals surface area contributed by atoms with Gasteiger partial charge >= 0.3 is 0 Å². The fourth-order valence-corrected chi connectivity index (χ4v) is 4.13. The number of hydrogen-bond acceptors (Lipinski definition) is 3. The Morgan fingerprint density at radius 1 is 0.844 bits per heavy atom. The number of carbonyl (C=O) groups is 2. The van der Waals surface area contributed by atoms with E-state index in [1.807, 2.05) is 54.6 Å². The molecule has 0 bridgehead atoms. The Labute approximate surface area is 194 Å². The van der Waals surface area contributed by atoms with Gasteiger partial charge in [-0.15, -0.1) is 11.8 Å². The maximum Gasteiger partial charge on any atom is 0.255 e. The third-order valence-corrected chi connectivity index (χ3v) is 6.15. The third kappa shape index (κ3) is 6.72. The lowest BCUT2D eigenvalue weighted by molar-refractivity contribution is -0.113. The summed E-state index contributed by atoms with van der Waals surface area (Å²) in [7, 11) is 0. The molecule has 0 aliphatic rings. The van der Waals surface area contributed by atoms with Gasteiger partial charge in [-0.1, -0.05) is 63.2 Å². The van der Waals surface area contributed by atoms with E-state index in [-0.39, 0.29) is 17.2 Å². The van der Waals surface area contributed by atoms with Crippen LogP contribution in [0.3, 0.4) is 0 Å². The lowest BCUT2D eigenvalue weighted by Crippen LogP contribution is -2.16. The van der Waals surface area contributed by atoms with E-state index in [1.165, 1.54) is 16.7 Å². The molecule has 3 aromatic rings. The van der Waals surface area contributed by atoms with Crippen molar-refractivity contribution in [3.63, 3.8) is 0 Å². The highest BCUT2D eigenvalue weighted by atomic mass is 32.2. The molecule has 5 heteroatoms. The first-order chi connectivity index (χ1) is 15.2. The maximum absolute atomic E-state index is 12.6. The second-order valence-electron chi connectivity index (χ2n) is 8.83. The molecule has 0 aliphatic carbocycles. The molecule has 0 radical (unpaired) electrons. The summed E-state index contributed by atoms with van der Waals surface area (Å²) in [5, 5.41) is 5.81. The van der Waals surface area contributed by atoms with E-state index >= 15 is 0 Å². The van der Waals surface area contributed by atoms with Gasteiger partial charge in [0.15, 0.2) is 0 Å². The van der Waals surface area contributed by atoms with E-state index in [2.05, 4.69) is 50.5 Å². The number of hydrogen-bond donors (Lipinski definition) is 2. The molecule has 0 aliphatic heterocycles. The fraction of sp³-hybridized carbons (Fsp3) is 0.259. The van der Waals surface area contributed by atoms with Gasteiger partial charge < -0.3 is 10.6 Å². The Kier molecular flexibility index (Phi) is 7.75. The molecule has 4 nitrogen and oxygen atoms in total. The minimum atomic E-state index is -0.178. The van der Waals surface area contributed by atoms with E-state index < -0.39 is 0 Å². The van der Waals surface area contributed by atoms with Crippen molar-refractivity contribution in [2.24, 2.45) is 0 Å². The second-order valence-corrected chi connectivity index (χ2v) is 9.82. The number of thioether (sulfide) groups is 1. The minimum Gasteiger partial charge on any atom is -0.325 e. The monoisotopic (exact) mass is 446 g/mol. The Hall–Kier alpha value is -3.05. The zero-order chi connectivity index (χ0) is 23.1. The number of amides is 2. The van der Waals surface area contributed by atoms with Crippen LogP contribution < -0.4 is 10.6 Å². The Morgan fingerprint density at radius 2 is 1.50 bits per heavy atom. The zero-order valence-electron chi connectivity index (χ0n) is 19.1. The van der Waals surface area contributed by atoms with E-state index in [0.29, 0.717) is 22.7 Å². The second kappa shape index (κ2) is 10.5. The SMILES string of the molecule is Cc1ccccc1CSCC(=O)Nc1cccc(NC(=O)c2ccc(C(C)(C)C)cc2)c1. The molecule has 0 spiro atoms.